The lowest BCUT2D eigenvalue weighted by atomic mass is 10.1. The van der Waals surface area contributed by atoms with Gasteiger partial charge in [0.25, 0.3) is 0 Å². The topological polar surface area (TPSA) is 86.2 Å². The van der Waals surface area contributed by atoms with E-state index in [1.807, 2.05) is 36.4 Å². The van der Waals surface area contributed by atoms with Crippen molar-refractivity contribution in [3.8, 4) is 17.2 Å². The highest BCUT2D eigenvalue weighted by molar-refractivity contribution is 5.67. The second-order valence-corrected chi connectivity index (χ2v) is 7.24. The van der Waals surface area contributed by atoms with Crippen LogP contribution in [-0.4, -0.2) is 25.3 Å². The van der Waals surface area contributed by atoms with Crippen LogP contribution in [-0.2, 0) is 22.7 Å². The number of hydrogen-bond acceptors (Lipinski definition) is 6. The van der Waals surface area contributed by atoms with Gasteiger partial charge in [-0.3, -0.25) is 15.1 Å². The van der Waals surface area contributed by atoms with Crippen molar-refractivity contribution in [3.63, 3.8) is 0 Å². The van der Waals surface area contributed by atoms with Gasteiger partial charge in [-0.15, -0.1) is 0 Å². The fourth-order valence-corrected chi connectivity index (χ4v) is 3.13. The normalized spacial score (nSPS) is 11.1. The lowest BCUT2D eigenvalue weighted by molar-refractivity contribution is -0.136. The maximum absolute atomic E-state index is 14.2. The molecule has 7 nitrogen and oxygen atoms in total. The number of benzene rings is 3. The molecule has 0 radical (unpaired) electrons. The van der Waals surface area contributed by atoms with E-state index < -0.39 is 11.8 Å². The van der Waals surface area contributed by atoms with Crippen molar-refractivity contribution in [1.29, 1.82) is 0 Å². The van der Waals surface area contributed by atoms with E-state index in [0.717, 1.165) is 11.1 Å². The molecule has 8 heteroatoms. The quantitative estimate of drug-likeness (QED) is 0.288. The van der Waals surface area contributed by atoms with Crippen LogP contribution in [0.5, 0.6) is 17.2 Å². The third-order valence-electron chi connectivity index (χ3n) is 4.87. The maximum atomic E-state index is 14.2. The van der Waals surface area contributed by atoms with E-state index >= 15 is 0 Å². The molecule has 3 rings (SSSR count). The van der Waals surface area contributed by atoms with Gasteiger partial charge in [0, 0.05) is 18.1 Å². The van der Waals surface area contributed by atoms with Crippen LogP contribution in [0.25, 0.3) is 5.70 Å². The van der Waals surface area contributed by atoms with E-state index in [9.17, 15) is 9.18 Å². The summed E-state index contributed by atoms with van der Waals surface area (Å²) in [5.74, 6) is -0.130. The Morgan fingerprint density at radius 2 is 1.82 bits per heavy atom. The summed E-state index contributed by atoms with van der Waals surface area (Å²) in [6.07, 6.45) is 1.52. The molecular formula is C26H26FNO6. The van der Waals surface area contributed by atoms with Gasteiger partial charge < -0.3 is 19.3 Å². The molecule has 3 aromatic rings. The number of carbonyl (C=O) groups is 1. The van der Waals surface area contributed by atoms with Gasteiger partial charge in [-0.1, -0.05) is 42.5 Å². The molecule has 0 amide bonds. The first kappa shape index (κ1) is 24.6. The fraction of sp³-hybridized carbons (Fsp3) is 0.192. The fourth-order valence-electron chi connectivity index (χ4n) is 3.13. The minimum atomic E-state index is -0.970. The van der Waals surface area contributed by atoms with Crippen molar-refractivity contribution in [3.05, 3.63) is 95.5 Å². The van der Waals surface area contributed by atoms with Crippen molar-refractivity contribution in [2.75, 3.05) is 14.2 Å². The average molecular weight is 467 g/mol. The molecule has 0 saturated heterocycles. The Morgan fingerprint density at radius 3 is 2.50 bits per heavy atom. The second kappa shape index (κ2) is 12.3. The summed E-state index contributed by atoms with van der Waals surface area (Å²) < 4.78 is 31.2. The Labute approximate surface area is 197 Å². The van der Waals surface area contributed by atoms with Crippen LogP contribution in [0.3, 0.4) is 0 Å². The molecule has 34 heavy (non-hydrogen) atoms. The van der Waals surface area contributed by atoms with Crippen molar-refractivity contribution < 1.29 is 33.3 Å². The number of rotatable bonds is 12. The lowest BCUT2D eigenvalue weighted by Crippen LogP contribution is -2.11. The van der Waals surface area contributed by atoms with Crippen LogP contribution in [0, 0.1) is 5.82 Å². The molecule has 0 aliphatic carbocycles. The Morgan fingerprint density at radius 1 is 1.03 bits per heavy atom. The van der Waals surface area contributed by atoms with Gasteiger partial charge in [0.05, 0.1) is 14.2 Å². The summed E-state index contributed by atoms with van der Waals surface area (Å²) in [6.45, 7) is 0.181. The number of methoxy groups -OCH3 is 1. The van der Waals surface area contributed by atoms with Gasteiger partial charge in [0.15, 0.2) is 11.5 Å². The minimum absolute atomic E-state index is 0.125. The van der Waals surface area contributed by atoms with Crippen molar-refractivity contribution in [2.24, 2.45) is 0 Å². The van der Waals surface area contributed by atoms with Gasteiger partial charge in [-0.05, 0) is 35.7 Å². The molecule has 178 valence electrons. The first-order valence-corrected chi connectivity index (χ1v) is 10.5. The van der Waals surface area contributed by atoms with Gasteiger partial charge in [-0.2, -0.15) is 0 Å². The predicted octanol–water partition coefficient (Wildman–Crippen LogP) is 4.96. The predicted molar refractivity (Wildman–Crippen MR) is 125 cm³/mol. The van der Waals surface area contributed by atoms with E-state index in [1.165, 1.54) is 32.6 Å². The van der Waals surface area contributed by atoms with E-state index in [1.54, 1.807) is 18.2 Å². The molecule has 0 aromatic heterocycles. The van der Waals surface area contributed by atoms with Gasteiger partial charge in [-0.25, -0.2) is 4.39 Å². The number of nitrogens with one attached hydrogen (secondary N) is 1. The summed E-state index contributed by atoms with van der Waals surface area (Å²) in [5.41, 5.74) is 5.44. The van der Waals surface area contributed by atoms with Crippen LogP contribution in [0.15, 0.2) is 73.0 Å². The number of carboxylic acid groups (broad SMARTS) is 1. The standard InChI is InChI=1S/C26H26FNO6/c1-31-25-14-18(16-33-21-11-9-19(22(27)15-21)10-13-26(29)30)8-12-24(25)34-17-23(28-32-2)20-6-4-3-5-7-20/h3-9,11-12,14-15,17,28H,10,13,16H2,1-2H3,(H,29,30). The smallest absolute Gasteiger partial charge is 0.303 e. The van der Waals surface area contributed by atoms with E-state index in [2.05, 4.69) is 5.48 Å². The SMILES string of the molecule is CONC(=COc1ccc(COc2ccc(CCC(=O)O)c(F)c2)cc1OC)c1ccccc1. The highest BCUT2D eigenvalue weighted by Gasteiger charge is 2.10. The number of halogens is 1. The van der Waals surface area contributed by atoms with Crippen LogP contribution in [0.4, 0.5) is 4.39 Å². The summed E-state index contributed by atoms with van der Waals surface area (Å²) in [7, 11) is 3.05. The minimum Gasteiger partial charge on any atom is -0.493 e. The van der Waals surface area contributed by atoms with Crippen molar-refractivity contribution in [1.82, 2.24) is 5.48 Å². The average Bonchev–Trinajstić information content (AvgIpc) is 2.85. The summed E-state index contributed by atoms with van der Waals surface area (Å²) in [6, 6.07) is 19.3. The van der Waals surface area contributed by atoms with Crippen LogP contribution in [0.2, 0.25) is 0 Å². The number of aliphatic carboxylic acids is 1. The van der Waals surface area contributed by atoms with E-state index in [0.29, 0.717) is 28.5 Å². The van der Waals surface area contributed by atoms with Gasteiger partial charge >= 0.3 is 5.97 Å². The highest BCUT2D eigenvalue weighted by Crippen LogP contribution is 2.30. The van der Waals surface area contributed by atoms with E-state index in [-0.39, 0.29) is 19.4 Å². The molecule has 0 atom stereocenters. The Bertz CT molecular complexity index is 1130. The summed E-state index contributed by atoms with van der Waals surface area (Å²) >= 11 is 0. The second-order valence-electron chi connectivity index (χ2n) is 7.24. The zero-order chi connectivity index (χ0) is 24.3. The number of ether oxygens (including phenoxy) is 3. The highest BCUT2D eigenvalue weighted by atomic mass is 19.1. The molecule has 0 unspecified atom stereocenters. The monoisotopic (exact) mass is 467 g/mol. The summed E-state index contributed by atoms with van der Waals surface area (Å²) in [4.78, 5) is 15.7. The number of carboxylic acids is 1. The third-order valence-corrected chi connectivity index (χ3v) is 4.87. The zero-order valence-electron chi connectivity index (χ0n) is 18.9. The lowest BCUT2D eigenvalue weighted by Gasteiger charge is -2.13. The Balaban J connectivity index is 1.67. The largest absolute Gasteiger partial charge is 0.493 e. The van der Waals surface area contributed by atoms with Crippen LogP contribution >= 0.6 is 0 Å². The number of hydrogen-bond donors (Lipinski definition) is 2. The molecule has 0 heterocycles. The molecule has 0 spiro atoms. The molecule has 0 aliphatic rings. The summed E-state index contributed by atoms with van der Waals surface area (Å²) in [5, 5.41) is 8.75. The Kier molecular flexibility index (Phi) is 8.88. The molecular weight excluding hydrogens is 441 g/mol. The number of aryl methyl sites for hydroxylation is 1. The molecule has 0 aliphatic heterocycles. The zero-order valence-corrected chi connectivity index (χ0v) is 18.9. The molecule has 0 saturated carbocycles. The molecule has 2 N–H and O–H groups in total. The first-order chi connectivity index (χ1) is 16.5. The maximum Gasteiger partial charge on any atom is 0.303 e. The molecule has 3 aromatic carbocycles. The first-order valence-electron chi connectivity index (χ1n) is 10.5. The van der Waals surface area contributed by atoms with Crippen LogP contribution in [0.1, 0.15) is 23.1 Å². The van der Waals surface area contributed by atoms with E-state index in [4.69, 9.17) is 24.2 Å². The van der Waals surface area contributed by atoms with Crippen LogP contribution < -0.4 is 19.7 Å². The van der Waals surface area contributed by atoms with Crippen molar-refractivity contribution >= 4 is 11.7 Å². The van der Waals surface area contributed by atoms with Gasteiger partial charge in [0.1, 0.15) is 30.1 Å². The third kappa shape index (κ3) is 6.98. The molecule has 0 bridgehead atoms. The Hall–Kier alpha value is -4.04. The van der Waals surface area contributed by atoms with Crippen molar-refractivity contribution in [2.45, 2.75) is 19.4 Å². The molecule has 0 fully saturated rings. The number of hydroxylamine groups is 1. The van der Waals surface area contributed by atoms with Gasteiger partial charge in [0.2, 0.25) is 0 Å².